The van der Waals surface area contributed by atoms with Crippen LogP contribution < -0.4 is 11.5 Å². The molecule has 1 aromatic heterocycles. The fraction of sp³-hybridized carbons (Fsp3) is 0.231. The fourth-order valence-corrected chi connectivity index (χ4v) is 2.21. The van der Waals surface area contributed by atoms with E-state index in [1.807, 2.05) is 0 Å². The number of anilines is 2. The number of benzene rings is 1. The fourth-order valence-electron chi connectivity index (χ4n) is 2.21. The molecule has 0 spiro atoms. The van der Waals surface area contributed by atoms with E-state index in [2.05, 4.69) is 42.9 Å². The van der Waals surface area contributed by atoms with Gasteiger partial charge in [-0.1, -0.05) is 17.7 Å². The molecule has 1 aromatic carbocycles. The van der Waals surface area contributed by atoms with Gasteiger partial charge in [-0.2, -0.15) is 4.98 Å². The molecule has 1 heterocycles. The second-order valence-electron chi connectivity index (χ2n) is 4.30. The number of nitrogens with zero attached hydrogens (tertiary/aromatic N) is 2. The summed E-state index contributed by atoms with van der Waals surface area (Å²) < 4.78 is 0. The van der Waals surface area contributed by atoms with Crippen LogP contribution in [0.25, 0.3) is 11.1 Å². The third-order valence-corrected chi connectivity index (χ3v) is 2.78. The number of hydrogen-bond acceptors (Lipinski definition) is 4. The van der Waals surface area contributed by atoms with Crippen molar-refractivity contribution < 1.29 is 0 Å². The number of aromatic nitrogens is 2. The molecule has 0 saturated heterocycles. The standard InChI is InChI=1S/C13H16N4/c1-7-4-8(2)11(9(3)5-7)10-6-16-13(15)17-12(10)14/h4-6H,1-3H3,(H4,14,15,16,17). The van der Waals surface area contributed by atoms with Gasteiger partial charge in [-0.15, -0.1) is 0 Å². The summed E-state index contributed by atoms with van der Waals surface area (Å²) >= 11 is 0. The van der Waals surface area contributed by atoms with Crippen molar-refractivity contribution in [1.29, 1.82) is 0 Å². The monoisotopic (exact) mass is 228 g/mol. The Bertz CT molecular complexity index is 553. The third kappa shape index (κ3) is 2.06. The summed E-state index contributed by atoms with van der Waals surface area (Å²) in [4.78, 5) is 8.01. The Hall–Kier alpha value is -2.10. The molecular weight excluding hydrogens is 212 g/mol. The molecular formula is C13H16N4. The molecule has 0 aliphatic rings. The normalized spacial score (nSPS) is 10.5. The molecule has 4 nitrogen and oxygen atoms in total. The number of nitrogen functional groups attached to an aromatic ring is 2. The van der Waals surface area contributed by atoms with Crippen molar-refractivity contribution in [3.63, 3.8) is 0 Å². The van der Waals surface area contributed by atoms with Gasteiger partial charge in [0.15, 0.2) is 0 Å². The van der Waals surface area contributed by atoms with Crippen LogP contribution in [0.2, 0.25) is 0 Å². The van der Waals surface area contributed by atoms with E-state index in [0.717, 1.165) is 11.1 Å². The number of hydrogen-bond donors (Lipinski definition) is 2. The van der Waals surface area contributed by atoms with Gasteiger partial charge in [0.25, 0.3) is 0 Å². The molecule has 0 bridgehead atoms. The number of nitrogens with two attached hydrogens (primary N) is 2. The predicted molar refractivity (Wildman–Crippen MR) is 70.5 cm³/mol. The van der Waals surface area contributed by atoms with Crippen molar-refractivity contribution in [2.75, 3.05) is 11.5 Å². The SMILES string of the molecule is Cc1cc(C)c(-c2cnc(N)nc2N)c(C)c1. The van der Waals surface area contributed by atoms with Crippen LogP contribution in [0.15, 0.2) is 18.3 Å². The first-order valence-corrected chi connectivity index (χ1v) is 5.45. The van der Waals surface area contributed by atoms with Crippen molar-refractivity contribution in [2.45, 2.75) is 20.8 Å². The van der Waals surface area contributed by atoms with Crippen LogP contribution in [0.5, 0.6) is 0 Å². The van der Waals surface area contributed by atoms with Crippen molar-refractivity contribution in [1.82, 2.24) is 9.97 Å². The Labute approximate surface area is 101 Å². The molecule has 4 heteroatoms. The van der Waals surface area contributed by atoms with Crippen molar-refractivity contribution >= 4 is 11.8 Å². The molecule has 2 aromatic rings. The largest absolute Gasteiger partial charge is 0.383 e. The van der Waals surface area contributed by atoms with Gasteiger partial charge in [0.05, 0.1) is 0 Å². The summed E-state index contributed by atoms with van der Waals surface area (Å²) in [7, 11) is 0. The zero-order valence-corrected chi connectivity index (χ0v) is 10.3. The minimum atomic E-state index is 0.202. The molecule has 88 valence electrons. The summed E-state index contributed by atoms with van der Waals surface area (Å²) in [6, 6.07) is 4.25. The first kappa shape index (κ1) is 11.4. The van der Waals surface area contributed by atoms with Crippen molar-refractivity contribution in [3.8, 4) is 11.1 Å². The van der Waals surface area contributed by atoms with E-state index in [1.54, 1.807) is 6.20 Å². The highest BCUT2D eigenvalue weighted by Gasteiger charge is 2.11. The molecule has 0 fully saturated rings. The molecule has 0 aliphatic heterocycles. The average Bonchev–Trinajstić information content (AvgIpc) is 2.19. The second-order valence-corrected chi connectivity index (χ2v) is 4.30. The van der Waals surface area contributed by atoms with Gasteiger partial charge in [0.2, 0.25) is 5.95 Å². The van der Waals surface area contributed by atoms with Crippen LogP contribution in [0, 0.1) is 20.8 Å². The molecule has 0 amide bonds. The van der Waals surface area contributed by atoms with Crippen LogP contribution in [0.3, 0.4) is 0 Å². The number of rotatable bonds is 1. The Kier molecular flexibility index (Phi) is 2.71. The zero-order valence-electron chi connectivity index (χ0n) is 10.3. The van der Waals surface area contributed by atoms with Crippen LogP contribution in [0.1, 0.15) is 16.7 Å². The Morgan fingerprint density at radius 1 is 1.00 bits per heavy atom. The van der Waals surface area contributed by atoms with Crippen molar-refractivity contribution in [3.05, 3.63) is 35.0 Å². The summed E-state index contributed by atoms with van der Waals surface area (Å²) in [6.07, 6.45) is 1.68. The van der Waals surface area contributed by atoms with E-state index in [4.69, 9.17) is 11.5 Å². The highest BCUT2D eigenvalue weighted by Crippen LogP contribution is 2.31. The summed E-state index contributed by atoms with van der Waals surface area (Å²) in [5, 5.41) is 0. The van der Waals surface area contributed by atoms with Gasteiger partial charge in [-0.3, -0.25) is 0 Å². The lowest BCUT2D eigenvalue weighted by atomic mass is 9.95. The zero-order chi connectivity index (χ0) is 12.6. The summed E-state index contributed by atoms with van der Waals surface area (Å²) in [6.45, 7) is 6.20. The Morgan fingerprint density at radius 2 is 1.59 bits per heavy atom. The van der Waals surface area contributed by atoms with Gasteiger partial charge in [-0.25, -0.2) is 4.98 Å². The molecule has 0 atom stereocenters. The maximum Gasteiger partial charge on any atom is 0.221 e. The smallest absolute Gasteiger partial charge is 0.221 e. The summed E-state index contributed by atoms with van der Waals surface area (Å²) in [5.41, 5.74) is 16.9. The summed E-state index contributed by atoms with van der Waals surface area (Å²) in [5.74, 6) is 0.626. The minimum Gasteiger partial charge on any atom is -0.383 e. The van der Waals surface area contributed by atoms with Gasteiger partial charge in [-0.05, 0) is 37.5 Å². The first-order valence-electron chi connectivity index (χ1n) is 5.45. The van der Waals surface area contributed by atoms with Crippen LogP contribution in [0.4, 0.5) is 11.8 Å². The van der Waals surface area contributed by atoms with Gasteiger partial charge >= 0.3 is 0 Å². The van der Waals surface area contributed by atoms with Crippen molar-refractivity contribution in [2.24, 2.45) is 0 Å². The Morgan fingerprint density at radius 3 is 2.12 bits per heavy atom. The maximum atomic E-state index is 5.90. The lowest BCUT2D eigenvalue weighted by molar-refractivity contribution is 1.19. The van der Waals surface area contributed by atoms with Crippen LogP contribution in [-0.2, 0) is 0 Å². The molecule has 17 heavy (non-hydrogen) atoms. The molecule has 2 rings (SSSR count). The van der Waals surface area contributed by atoms with Gasteiger partial charge < -0.3 is 11.5 Å². The topological polar surface area (TPSA) is 77.8 Å². The molecule has 0 aliphatic carbocycles. The molecule has 0 radical (unpaired) electrons. The van der Waals surface area contributed by atoms with Gasteiger partial charge in [0, 0.05) is 11.8 Å². The van der Waals surface area contributed by atoms with Crippen LogP contribution in [-0.4, -0.2) is 9.97 Å². The van der Waals surface area contributed by atoms with Gasteiger partial charge in [0.1, 0.15) is 5.82 Å². The Balaban J connectivity index is 2.68. The predicted octanol–water partition coefficient (Wildman–Crippen LogP) is 2.23. The lowest BCUT2D eigenvalue weighted by Crippen LogP contribution is -2.02. The quantitative estimate of drug-likeness (QED) is 0.784. The van der Waals surface area contributed by atoms with E-state index in [-0.39, 0.29) is 5.95 Å². The molecule has 4 N–H and O–H groups in total. The molecule has 0 saturated carbocycles. The second kappa shape index (κ2) is 4.05. The van der Waals surface area contributed by atoms with E-state index in [1.165, 1.54) is 16.7 Å². The number of aryl methyl sites for hydroxylation is 3. The van der Waals surface area contributed by atoms with E-state index < -0.39 is 0 Å². The highest BCUT2D eigenvalue weighted by atomic mass is 15.0. The van der Waals surface area contributed by atoms with Crippen LogP contribution >= 0.6 is 0 Å². The maximum absolute atomic E-state index is 5.90. The minimum absolute atomic E-state index is 0.202. The van der Waals surface area contributed by atoms with E-state index in [9.17, 15) is 0 Å². The third-order valence-electron chi connectivity index (χ3n) is 2.78. The average molecular weight is 228 g/mol. The molecule has 0 unspecified atom stereocenters. The highest BCUT2D eigenvalue weighted by molar-refractivity contribution is 5.78. The lowest BCUT2D eigenvalue weighted by Gasteiger charge is -2.12. The van der Waals surface area contributed by atoms with E-state index >= 15 is 0 Å². The first-order chi connectivity index (χ1) is 7.99. The van der Waals surface area contributed by atoms with E-state index in [0.29, 0.717) is 5.82 Å².